The number of methoxy groups -OCH3 is 1. The molecule has 2 aromatic rings. The Morgan fingerprint density at radius 3 is 2.67 bits per heavy atom. The highest BCUT2D eigenvalue weighted by Crippen LogP contribution is 2.31. The third-order valence-electron chi connectivity index (χ3n) is 3.44. The molecule has 0 saturated carbocycles. The Labute approximate surface area is 129 Å². The normalized spacial score (nSPS) is 12.2. The first-order valence-electron chi connectivity index (χ1n) is 6.89. The molecule has 0 aliphatic heterocycles. The van der Waals surface area contributed by atoms with Gasteiger partial charge in [0.05, 0.1) is 13.2 Å². The number of ether oxygens (including phenoxy) is 1. The van der Waals surface area contributed by atoms with Gasteiger partial charge in [-0.3, -0.25) is 0 Å². The zero-order valence-corrected chi connectivity index (χ0v) is 13.2. The van der Waals surface area contributed by atoms with Gasteiger partial charge >= 0.3 is 0 Å². The molecule has 112 valence electrons. The van der Waals surface area contributed by atoms with E-state index in [1.54, 1.807) is 13.2 Å². The second-order valence-corrected chi connectivity index (χ2v) is 5.29. The topological polar surface area (TPSA) is 21.3 Å². The third kappa shape index (κ3) is 3.55. The van der Waals surface area contributed by atoms with Gasteiger partial charge in [0.15, 0.2) is 0 Å². The molecule has 0 aliphatic rings. The Morgan fingerprint density at radius 2 is 2.00 bits per heavy atom. The van der Waals surface area contributed by atoms with Gasteiger partial charge in [-0.25, -0.2) is 4.39 Å². The summed E-state index contributed by atoms with van der Waals surface area (Å²) in [6.45, 7) is 4.74. The van der Waals surface area contributed by atoms with Crippen molar-refractivity contribution in [3.05, 3.63) is 63.9 Å². The maximum Gasteiger partial charge on any atom is 0.123 e. The maximum absolute atomic E-state index is 13.6. The van der Waals surface area contributed by atoms with Crippen LogP contribution in [0.25, 0.3) is 0 Å². The van der Waals surface area contributed by atoms with Crippen LogP contribution < -0.4 is 10.1 Å². The number of benzene rings is 2. The Hall–Kier alpha value is -1.58. The predicted molar refractivity (Wildman–Crippen MR) is 84.7 cm³/mol. The zero-order chi connectivity index (χ0) is 15.4. The van der Waals surface area contributed by atoms with Crippen LogP contribution in [-0.4, -0.2) is 13.7 Å². The van der Waals surface area contributed by atoms with Crippen molar-refractivity contribution in [2.45, 2.75) is 19.9 Å². The summed E-state index contributed by atoms with van der Waals surface area (Å²) in [6, 6.07) is 10.2. The average molecular weight is 308 g/mol. The minimum absolute atomic E-state index is 0.173. The first-order valence-corrected chi connectivity index (χ1v) is 7.27. The highest BCUT2D eigenvalue weighted by atomic mass is 35.5. The number of rotatable bonds is 5. The summed E-state index contributed by atoms with van der Waals surface area (Å²) in [5.74, 6) is 0.513. The van der Waals surface area contributed by atoms with E-state index in [-0.39, 0.29) is 11.9 Å². The minimum atomic E-state index is -0.295. The van der Waals surface area contributed by atoms with E-state index >= 15 is 0 Å². The number of hydrogen-bond donors (Lipinski definition) is 1. The molecular weight excluding hydrogens is 289 g/mol. The standard InChI is InChI=1S/C17H19ClFNO/c1-4-20-17(14-10-13(19)7-8-15(14)18)12-6-5-11(2)16(9-12)21-3/h5-10,17,20H,4H2,1-3H3. The number of nitrogens with one attached hydrogen (secondary N) is 1. The van der Waals surface area contributed by atoms with Crippen molar-refractivity contribution < 1.29 is 9.13 Å². The Balaban J connectivity index is 2.50. The Kier molecular flexibility index (Phi) is 5.21. The molecule has 2 aromatic carbocycles. The lowest BCUT2D eigenvalue weighted by Gasteiger charge is -2.21. The summed E-state index contributed by atoms with van der Waals surface area (Å²) >= 11 is 6.24. The van der Waals surface area contributed by atoms with E-state index in [1.165, 1.54) is 12.1 Å². The summed E-state index contributed by atoms with van der Waals surface area (Å²) in [5.41, 5.74) is 2.78. The fourth-order valence-corrected chi connectivity index (χ4v) is 2.59. The quantitative estimate of drug-likeness (QED) is 0.878. The molecule has 0 saturated heterocycles. The number of halogens is 2. The molecule has 0 aromatic heterocycles. The third-order valence-corrected chi connectivity index (χ3v) is 3.79. The summed E-state index contributed by atoms with van der Waals surface area (Å²) in [6.07, 6.45) is 0. The lowest BCUT2D eigenvalue weighted by molar-refractivity contribution is 0.410. The van der Waals surface area contributed by atoms with E-state index in [4.69, 9.17) is 16.3 Å². The maximum atomic E-state index is 13.6. The second-order valence-electron chi connectivity index (χ2n) is 4.89. The highest BCUT2D eigenvalue weighted by molar-refractivity contribution is 6.31. The molecule has 0 fully saturated rings. The SMILES string of the molecule is CCNC(c1ccc(C)c(OC)c1)c1cc(F)ccc1Cl. The average Bonchev–Trinajstić information content (AvgIpc) is 2.48. The monoisotopic (exact) mass is 307 g/mol. The molecule has 0 radical (unpaired) electrons. The van der Waals surface area contributed by atoms with Crippen LogP contribution in [0, 0.1) is 12.7 Å². The van der Waals surface area contributed by atoms with Crippen molar-refractivity contribution >= 4 is 11.6 Å². The molecule has 1 N–H and O–H groups in total. The molecule has 21 heavy (non-hydrogen) atoms. The second kappa shape index (κ2) is 6.92. The van der Waals surface area contributed by atoms with Gasteiger partial charge in [0.25, 0.3) is 0 Å². The zero-order valence-electron chi connectivity index (χ0n) is 12.4. The molecule has 0 heterocycles. The molecule has 2 nitrogen and oxygen atoms in total. The van der Waals surface area contributed by atoms with Crippen LogP contribution in [0.4, 0.5) is 4.39 Å². The molecule has 1 unspecified atom stereocenters. The smallest absolute Gasteiger partial charge is 0.123 e. The Morgan fingerprint density at radius 1 is 1.24 bits per heavy atom. The van der Waals surface area contributed by atoms with Crippen molar-refractivity contribution in [2.75, 3.05) is 13.7 Å². The van der Waals surface area contributed by atoms with Crippen LogP contribution in [0.1, 0.15) is 29.7 Å². The predicted octanol–water partition coefficient (Wildman–Crippen LogP) is 4.50. The van der Waals surface area contributed by atoms with Crippen molar-refractivity contribution in [1.29, 1.82) is 0 Å². The highest BCUT2D eigenvalue weighted by Gasteiger charge is 2.18. The minimum Gasteiger partial charge on any atom is -0.496 e. The van der Waals surface area contributed by atoms with Gasteiger partial charge in [0.2, 0.25) is 0 Å². The largest absolute Gasteiger partial charge is 0.496 e. The van der Waals surface area contributed by atoms with E-state index in [9.17, 15) is 4.39 Å². The van der Waals surface area contributed by atoms with Gasteiger partial charge in [0.1, 0.15) is 11.6 Å². The van der Waals surface area contributed by atoms with E-state index < -0.39 is 0 Å². The van der Waals surface area contributed by atoms with Crippen molar-refractivity contribution in [3.8, 4) is 5.75 Å². The van der Waals surface area contributed by atoms with Crippen molar-refractivity contribution in [2.24, 2.45) is 0 Å². The molecule has 0 bridgehead atoms. The molecule has 1 atom stereocenters. The molecule has 0 aliphatic carbocycles. The van der Waals surface area contributed by atoms with Gasteiger partial charge in [-0.05, 0) is 54.4 Å². The van der Waals surface area contributed by atoms with E-state index in [1.807, 2.05) is 32.0 Å². The molecule has 4 heteroatoms. The fourth-order valence-electron chi connectivity index (χ4n) is 2.36. The summed E-state index contributed by atoms with van der Waals surface area (Å²) < 4.78 is 18.9. The van der Waals surface area contributed by atoms with Gasteiger partial charge in [0, 0.05) is 5.02 Å². The molecule has 0 spiro atoms. The lowest BCUT2D eigenvalue weighted by atomic mass is 9.97. The first kappa shape index (κ1) is 15.8. The molecular formula is C17H19ClFNO. The van der Waals surface area contributed by atoms with Crippen molar-refractivity contribution in [1.82, 2.24) is 5.32 Å². The van der Waals surface area contributed by atoms with Crippen LogP contribution in [-0.2, 0) is 0 Å². The van der Waals surface area contributed by atoms with Crippen LogP contribution in [0.15, 0.2) is 36.4 Å². The van der Waals surface area contributed by atoms with Crippen LogP contribution in [0.5, 0.6) is 5.75 Å². The number of hydrogen-bond acceptors (Lipinski definition) is 2. The van der Waals surface area contributed by atoms with Gasteiger partial charge in [-0.1, -0.05) is 30.7 Å². The van der Waals surface area contributed by atoms with Gasteiger partial charge < -0.3 is 10.1 Å². The fraction of sp³-hybridized carbons (Fsp3) is 0.294. The molecule has 0 amide bonds. The van der Waals surface area contributed by atoms with Crippen LogP contribution in [0.3, 0.4) is 0 Å². The van der Waals surface area contributed by atoms with Crippen LogP contribution in [0.2, 0.25) is 5.02 Å². The summed E-state index contributed by atoms with van der Waals surface area (Å²) in [7, 11) is 1.64. The van der Waals surface area contributed by atoms with Gasteiger partial charge in [-0.2, -0.15) is 0 Å². The summed E-state index contributed by atoms with van der Waals surface area (Å²) in [5, 5.41) is 3.89. The molecule has 2 rings (SSSR count). The van der Waals surface area contributed by atoms with Crippen molar-refractivity contribution in [3.63, 3.8) is 0 Å². The van der Waals surface area contributed by atoms with Gasteiger partial charge in [-0.15, -0.1) is 0 Å². The van der Waals surface area contributed by atoms with Crippen LogP contribution >= 0.6 is 11.6 Å². The van der Waals surface area contributed by atoms with E-state index in [0.29, 0.717) is 5.02 Å². The Bertz CT molecular complexity index is 630. The van der Waals surface area contributed by atoms with E-state index in [2.05, 4.69) is 5.32 Å². The lowest BCUT2D eigenvalue weighted by Crippen LogP contribution is -2.22. The van der Waals surface area contributed by atoms with E-state index in [0.717, 1.165) is 29.0 Å². The number of aryl methyl sites for hydroxylation is 1. The first-order chi connectivity index (χ1) is 10.1. The summed E-state index contributed by atoms with van der Waals surface area (Å²) in [4.78, 5) is 0.